The van der Waals surface area contributed by atoms with Crippen LogP contribution in [0.15, 0.2) is 24.3 Å². The molecular formula is C24H30ClN3O4. The van der Waals surface area contributed by atoms with Crippen LogP contribution in [0.4, 0.5) is 16.3 Å². The quantitative estimate of drug-likeness (QED) is 0.571. The monoisotopic (exact) mass is 459 g/mol. The van der Waals surface area contributed by atoms with E-state index in [-0.39, 0.29) is 5.28 Å². The Kier molecular flexibility index (Phi) is 6.52. The Bertz CT molecular complexity index is 1020. The molecule has 1 aromatic heterocycles. The normalized spacial score (nSPS) is 14.6. The minimum absolute atomic E-state index is 0.0736. The summed E-state index contributed by atoms with van der Waals surface area (Å²) in [5.74, 6) is -1.18. The Labute approximate surface area is 193 Å². The summed E-state index contributed by atoms with van der Waals surface area (Å²) in [6.07, 6.45) is 1.84. The average molecular weight is 460 g/mol. The number of halogens is 1. The third kappa shape index (κ3) is 5.21. The molecular weight excluding hydrogens is 430 g/mol. The number of carboxylic acid groups (broad SMARTS) is 1. The van der Waals surface area contributed by atoms with E-state index in [0.29, 0.717) is 17.1 Å². The average Bonchev–Trinajstić information content (AvgIpc) is 3.08. The van der Waals surface area contributed by atoms with E-state index in [4.69, 9.17) is 16.3 Å². The minimum atomic E-state index is -0.894. The van der Waals surface area contributed by atoms with E-state index >= 15 is 0 Å². The van der Waals surface area contributed by atoms with E-state index in [0.717, 1.165) is 30.5 Å². The van der Waals surface area contributed by atoms with Gasteiger partial charge in [0.25, 0.3) is 0 Å². The van der Waals surface area contributed by atoms with Crippen LogP contribution in [0.2, 0.25) is 5.28 Å². The van der Waals surface area contributed by atoms with Gasteiger partial charge in [0.15, 0.2) is 5.82 Å². The van der Waals surface area contributed by atoms with Crippen molar-refractivity contribution in [2.75, 3.05) is 4.90 Å². The maximum atomic E-state index is 13.3. The van der Waals surface area contributed by atoms with Crippen molar-refractivity contribution < 1.29 is 19.4 Å². The highest BCUT2D eigenvalue weighted by atomic mass is 35.5. The largest absolute Gasteiger partial charge is 0.481 e. The molecule has 0 saturated carbocycles. The predicted octanol–water partition coefficient (Wildman–Crippen LogP) is 5.91. The van der Waals surface area contributed by atoms with Gasteiger partial charge in [0.05, 0.1) is 17.3 Å². The number of hydrogen-bond donors (Lipinski definition) is 1. The van der Waals surface area contributed by atoms with E-state index < -0.39 is 29.0 Å². The van der Waals surface area contributed by atoms with Gasteiger partial charge in [-0.1, -0.05) is 32.9 Å². The summed E-state index contributed by atoms with van der Waals surface area (Å²) in [5, 5.41) is 9.83. The summed E-state index contributed by atoms with van der Waals surface area (Å²) in [4.78, 5) is 35.3. The first kappa shape index (κ1) is 24.0. The van der Waals surface area contributed by atoms with Crippen LogP contribution >= 0.6 is 11.6 Å². The second-order valence-electron chi connectivity index (χ2n) is 10.1. The summed E-state index contributed by atoms with van der Waals surface area (Å²) >= 11 is 6.18. The maximum absolute atomic E-state index is 13.3. The summed E-state index contributed by atoms with van der Waals surface area (Å²) in [5.41, 5.74) is 1.70. The second kappa shape index (κ2) is 8.70. The fraction of sp³-hybridized carbons (Fsp3) is 0.500. The third-order valence-electron chi connectivity index (χ3n) is 5.27. The van der Waals surface area contributed by atoms with Crippen LogP contribution in [-0.4, -0.2) is 32.7 Å². The highest BCUT2D eigenvalue weighted by molar-refractivity contribution is 6.28. The van der Waals surface area contributed by atoms with E-state index in [1.165, 1.54) is 4.90 Å². The van der Waals surface area contributed by atoms with Gasteiger partial charge >= 0.3 is 12.1 Å². The first-order chi connectivity index (χ1) is 14.8. The number of aryl methyl sites for hydroxylation is 1. The van der Waals surface area contributed by atoms with Crippen LogP contribution in [-0.2, 0) is 22.4 Å². The summed E-state index contributed by atoms with van der Waals surface area (Å²) in [7, 11) is 0. The number of carboxylic acids is 1. The molecule has 1 amide bonds. The molecule has 0 spiro atoms. The van der Waals surface area contributed by atoms with Gasteiger partial charge in [-0.05, 0) is 74.7 Å². The molecule has 1 aliphatic carbocycles. The van der Waals surface area contributed by atoms with Crippen LogP contribution in [0, 0.1) is 5.41 Å². The van der Waals surface area contributed by atoms with E-state index in [2.05, 4.69) is 9.97 Å². The molecule has 0 aliphatic heterocycles. The number of aromatic nitrogens is 2. The first-order valence-electron chi connectivity index (χ1n) is 10.7. The number of benzene rings is 1. The highest BCUT2D eigenvalue weighted by Gasteiger charge is 2.34. The smallest absolute Gasteiger partial charge is 0.420 e. The zero-order valence-electron chi connectivity index (χ0n) is 19.4. The van der Waals surface area contributed by atoms with Crippen molar-refractivity contribution in [3.05, 3.63) is 46.4 Å². The molecule has 1 aliphatic rings. The fourth-order valence-corrected chi connectivity index (χ4v) is 4.20. The minimum Gasteiger partial charge on any atom is -0.481 e. The number of anilines is 2. The van der Waals surface area contributed by atoms with Crippen LogP contribution in [0.5, 0.6) is 0 Å². The molecule has 32 heavy (non-hydrogen) atoms. The van der Waals surface area contributed by atoms with Gasteiger partial charge < -0.3 is 9.84 Å². The molecule has 2 aromatic rings. The van der Waals surface area contributed by atoms with Gasteiger partial charge in [-0.25, -0.2) is 14.7 Å². The molecule has 172 valence electrons. The number of ether oxygens (including phenoxy) is 1. The topological polar surface area (TPSA) is 92.6 Å². The van der Waals surface area contributed by atoms with Crippen LogP contribution in [0.25, 0.3) is 0 Å². The molecule has 1 aromatic carbocycles. The zero-order chi connectivity index (χ0) is 23.8. The Hall–Kier alpha value is -2.67. The molecule has 1 heterocycles. The van der Waals surface area contributed by atoms with Crippen molar-refractivity contribution in [2.45, 2.75) is 72.3 Å². The van der Waals surface area contributed by atoms with Gasteiger partial charge in [-0.2, -0.15) is 4.98 Å². The number of nitrogens with zero attached hydrogens (tertiary/aromatic N) is 3. The molecule has 7 nitrogen and oxygen atoms in total. The lowest BCUT2D eigenvalue weighted by Gasteiger charge is -2.29. The molecule has 1 unspecified atom stereocenters. The number of amides is 1. The molecule has 0 bridgehead atoms. The van der Waals surface area contributed by atoms with Crippen molar-refractivity contribution in [3.63, 3.8) is 0 Å². The molecule has 1 N–H and O–H groups in total. The Morgan fingerprint density at radius 1 is 1.06 bits per heavy atom. The predicted molar refractivity (Wildman–Crippen MR) is 124 cm³/mol. The highest BCUT2D eigenvalue weighted by Crippen LogP contribution is 2.38. The van der Waals surface area contributed by atoms with Crippen molar-refractivity contribution in [3.8, 4) is 0 Å². The van der Waals surface area contributed by atoms with E-state index in [9.17, 15) is 14.7 Å². The zero-order valence-corrected chi connectivity index (χ0v) is 20.2. The van der Waals surface area contributed by atoms with Crippen LogP contribution in [0.3, 0.4) is 0 Å². The Morgan fingerprint density at radius 2 is 1.69 bits per heavy atom. The van der Waals surface area contributed by atoms with Crippen LogP contribution < -0.4 is 4.90 Å². The summed E-state index contributed by atoms with van der Waals surface area (Å²) in [6, 6.07) is 6.91. The molecule has 3 rings (SSSR count). The lowest BCUT2D eigenvalue weighted by atomic mass is 9.76. The summed E-state index contributed by atoms with van der Waals surface area (Å²) in [6.45, 7) is 11.1. The Morgan fingerprint density at radius 3 is 2.22 bits per heavy atom. The first-order valence-corrected chi connectivity index (χ1v) is 11.1. The standard InChI is InChI=1S/C24H30ClN3O4/c1-23(2,3)18(20(29)30)14-10-12-15(13-11-14)28(22(31)32-24(4,5)6)19-16-8-7-9-17(16)26-21(25)27-19/h10-13,18H,7-9H2,1-6H3,(H,29,30). The van der Waals surface area contributed by atoms with Gasteiger partial charge in [-0.3, -0.25) is 4.79 Å². The van der Waals surface area contributed by atoms with Crippen molar-refractivity contribution >= 4 is 35.2 Å². The summed E-state index contributed by atoms with van der Waals surface area (Å²) < 4.78 is 5.67. The molecule has 0 fully saturated rings. The van der Waals surface area contributed by atoms with Gasteiger partial charge in [0.1, 0.15) is 5.60 Å². The van der Waals surface area contributed by atoms with Gasteiger partial charge in [-0.15, -0.1) is 0 Å². The van der Waals surface area contributed by atoms with Crippen molar-refractivity contribution in [2.24, 2.45) is 5.41 Å². The van der Waals surface area contributed by atoms with E-state index in [1.54, 1.807) is 45.0 Å². The number of carbonyl (C=O) groups excluding carboxylic acids is 1. The van der Waals surface area contributed by atoms with Gasteiger partial charge in [0, 0.05) is 5.56 Å². The van der Waals surface area contributed by atoms with E-state index in [1.807, 2.05) is 20.8 Å². The SMILES string of the molecule is CC(C)(C)OC(=O)N(c1ccc(C(C(=O)O)C(C)(C)C)cc1)c1nc(Cl)nc2c1CCC2. The number of carbonyl (C=O) groups is 2. The number of fused-ring (bicyclic) bond motifs is 1. The van der Waals surface area contributed by atoms with Crippen LogP contribution in [0.1, 0.15) is 70.7 Å². The Balaban J connectivity index is 2.10. The number of rotatable bonds is 4. The lowest BCUT2D eigenvalue weighted by molar-refractivity contribution is -0.141. The van der Waals surface area contributed by atoms with Crippen molar-refractivity contribution in [1.82, 2.24) is 9.97 Å². The fourth-order valence-electron chi connectivity index (χ4n) is 4.02. The molecule has 0 radical (unpaired) electrons. The molecule has 0 saturated heterocycles. The molecule has 1 atom stereocenters. The molecule has 8 heteroatoms. The second-order valence-corrected chi connectivity index (χ2v) is 10.5. The van der Waals surface area contributed by atoms with Gasteiger partial charge in [0.2, 0.25) is 5.28 Å². The maximum Gasteiger partial charge on any atom is 0.420 e. The lowest BCUT2D eigenvalue weighted by Crippen LogP contribution is -2.35. The number of hydrogen-bond acceptors (Lipinski definition) is 5. The number of aliphatic carboxylic acids is 1. The third-order valence-corrected chi connectivity index (χ3v) is 5.44. The van der Waals surface area contributed by atoms with Crippen molar-refractivity contribution in [1.29, 1.82) is 0 Å².